The number of rotatable bonds is 1. The summed E-state index contributed by atoms with van der Waals surface area (Å²) in [7, 11) is 2.05. The van der Waals surface area contributed by atoms with Gasteiger partial charge < -0.3 is 15.4 Å². The molecule has 24 heavy (non-hydrogen) atoms. The van der Waals surface area contributed by atoms with Crippen molar-refractivity contribution >= 4 is 28.9 Å². The molecule has 2 aromatic rings. The molecular weight excluding hydrogens is 326 g/mol. The number of carbonyl (C=O) groups is 1. The molecule has 0 saturated heterocycles. The van der Waals surface area contributed by atoms with E-state index in [9.17, 15) is 10.0 Å². The van der Waals surface area contributed by atoms with Crippen LogP contribution in [0.2, 0.25) is 5.02 Å². The number of anilines is 1. The molecule has 0 aromatic heterocycles. The van der Waals surface area contributed by atoms with Gasteiger partial charge >= 0.3 is 0 Å². The van der Waals surface area contributed by atoms with E-state index >= 15 is 0 Å². The van der Waals surface area contributed by atoms with E-state index in [1.807, 2.05) is 30.3 Å². The first-order chi connectivity index (χ1) is 11.6. The maximum Gasteiger partial charge on any atom is 0.278 e. The Morgan fingerprint density at radius 2 is 2.00 bits per heavy atom. The predicted molar refractivity (Wildman–Crippen MR) is 93.9 cm³/mol. The number of carbonyl (C=O) groups excluding carboxylic acids is 1. The molecule has 2 heterocycles. The van der Waals surface area contributed by atoms with Crippen molar-refractivity contribution in [1.29, 1.82) is 0 Å². The number of benzene rings is 2. The molecule has 2 N–H and O–H groups in total. The Labute approximate surface area is 144 Å². The van der Waals surface area contributed by atoms with E-state index in [0.717, 1.165) is 41.9 Å². The largest absolute Gasteiger partial charge is 0.410 e. The third-order valence-electron chi connectivity index (χ3n) is 4.69. The molecule has 0 radical (unpaired) electrons. The zero-order chi connectivity index (χ0) is 16.8. The summed E-state index contributed by atoms with van der Waals surface area (Å²) < 4.78 is 0. The summed E-state index contributed by atoms with van der Waals surface area (Å²) in [6.07, 6.45) is 0.876. The van der Waals surface area contributed by atoms with Crippen molar-refractivity contribution in [2.45, 2.75) is 13.0 Å². The lowest BCUT2D eigenvalue weighted by molar-refractivity contribution is -0.110. The minimum atomic E-state index is -0.376. The van der Waals surface area contributed by atoms with E-state index in [2.05, 4.69) is 22.4 Å². The van der Waals surface area contributed by atoms with Gasteiger partial charge in [0.1, 0.15) is 0 Å². The number of likely N-dealkylation sites (N-methyl/N-ethyl adjacent to an activating group) is 1. The molecule has 2 aliphatic heterocycles. The maximum atomic E-state index is 12.1. The highest BCUT2D eigenvalue weighted by Crippen LogP contribution is 2.41. The Morgan fingerprint density at radius 3 is 2.75 bits per heavy atom. The zero-order valence-corrected chi connectivity index (χ0v) is 13.9. The van der Waals surface area contributed by atoms with E-state index in [1.165, 1.54) is 5.56 Å². The van der Waals surface area contributed by atoms with Gasteiger partial charge in [0.2, 0.25) is 0 Å². The topological polar surface area (TPSA) is 64.9 Å². The Balaban J connectivity index is 2.03. The van der Waals surface area contributed by atoms with Crippen molar-refractivity contribution in [2.75, 3.05) is 18.9 Å². The van der Waals surface area contributed by atoms with Crippen LogP contribution in [-0.2, 0) is 17.8 Å². The number of hydrogen-bond acceptors (Lipinski definition) is 4. The normalized spacial score (nSPS) is 18.4. The molecule has 1 amide bonds. The first-order valence-corrected chi connectivity index (χ1v) is 8.14. The molecule has 0 spiro atoms. The Kier molecular flexibility index (Phi) is 3.55. The van der Waals surface area contributed by atoms with Crippen molar-refractivity contribution in [3.05, 3.63) is 52.0 Å². The highest BCUT2D eigenvalue weighted by atomic mass is 35.5. The second-order valence-corrected chi connectivity index (χ2v) is 6.58. The van der Waals surface area contributed by atoms with Gasteiger partial charge in [0.05, 0.1) is 5.69 Å². The fourth-order valence-corrected chi connectivity index (χ4v) is 3.77. The van der Waals surface area contributed by atoms with Crippen LogP contribution in [0, 0.1) is 0 Å². The summed E-state index contributed by atoms with van der Waals surface area (Å²) in [6, 6.07) is 9.58. The Bertz CT molecular complexity index is 892. The van der Waals surface area contributed by atoms with Crippen LogP contribution in [-0.4, -0.2) is 35.3 Å². The molecule has 2 aromatic carbocycles. The SMILES string of the molecule is CN1CCc2c(-c3ccccc3Cl)cc3c(c2C1)NC(=O)/C3=N/O. The molecule has 122 valence electrons. The molecule has 0 fully saturated rings. The summed E-state index contributed by atoms with van der Waals surface area (Å²) in [6.45, 7) is 1.67. The lowest BCUT2D eigenvalue weighted by Crippen LogP contribution is -2.27. The van der Waals surface area contributed by atoms with Gasteiger partial charge in [0.25, 0.3) is 5.91 Å². The second kappa shape index (κ2) is 5.61. The van der Waals surface area contributed by atoms with Crippen LogP contribution in [0.5, 0.6) is 0 Å². The third-order valence-corrected chi connectivity index (χ3v) is 5.02. The zero-order valence-electron chi connectivity index (χ0n) is 13.1. The molecular formula is C18H16ClN3O2. The number of nitrogens with one attached hydrogen (secondary N) is 1. The fraction of sp³-hybridized carbons (Fsp3) is 0.222. The van der Waals surface area contributed by atoms with Crippen molar-refractivity contribution < 1.29 is 10.0 Å². The Hall–Kier alpha value is -2.37. The van der Waals surface area contributed by atoms with Gasteiger partial charge in [-0.3, -0.25) is 4.79 Å². The van der Waals surface area contributed by atoms with Crippen molar-refractivity contribution in [1.82, 2.24) is 4.90 Å². The summed E-state index contributed by atoms with van der Waals surface area (Å²) in [4.78, 5) is 14.3. The predicted octanol–water partition coefficient (Wildman–Crippen LogP) is 3.13. The smallest absolute Gasteiger partial charge is 0.278 e. The van der Waals surface area contributed by atoms with E-state index in [1.54, 1.807) is 0 Å². The van der Waals surface area contributed by atoms with Crippen LogP contribution >= 0.6 is 11.6 Å². The maximum absolute atomic E-state index is 12.1. The Morgan fingerprint density at radius 1 is 1.21 bits per heavy atom. The molecule has 0 saturated carbocycles. The first kappa shape index (κ1) is 15.2. The second-order valence-electron chi connectivity index (χ2n) is 6.17. The average molecular weight is 342 g/mol. The van der Waals surface area contributed by atoms with E-state index in [0.29, 0.717) is 10.6 Å². The highest BCUT2D eigenvalue weighted by Gasteiger charge is 2.33. The number of oxime groups is 1. The third kappa shape index (κ3) is 2.20. The van der Waals surface area contributed by atoms with Gasteiger partial charge in [0, 0.05) is 29.2 Å². The van der Waals surface area contributed by atoms with Crippen LogP contribution in [0.3, 0.4) is 0 Å². The standard InChI is InChI=1S/C18H16ClN3O2/c1-22-7-6-10-12(11-4-2-3-5-15(11)19)8-13-16(14(10)9-22)20-18(23)17(13)21-24/h2-5,8,24H,6-7,9H2,1H3,(H,20,21,23). The lowest BCUT2D eigenvalue weighted by Gasteiger charge is -2.29. The van der Waals surface area contributed by atoms with Crippen LogP contribution in [0.25, 0.3) is 11.1 Å². The summed E-state index contributed by atoms with van der Waals surface area (Å²) in [5.41, 5.74) is 5.63. The van der Waals surface area contributed by atoms with E-state index in [4.69, 9.17) is 11.6 Å². The van der Waals surface area contributed by atoms with Crippen LogP contribution in [0.1, 0.15) is 16.7 Å². The van der Waals surface area contributed by atoms with Gasteiger partial charge in [0.15, 0.2) is 5.71 Å². The molecule has 5 nitrogen and oxygen atoms in total. The molecule has 0 aliphatic carbocycles. The van der Waals surface area contributed by atoms with Crippen molar-refractivity contribution in [2.24, 2.45) is 5.16 Å². The van der Waals surface area contributed by atoms with Crippen LogP contribution in [0.15, 0.2) is 35.5 Å². The first-order valence-electron chi connectivity index (χ1n) is 7.76. The van der Waals surface area contributed by atoms with Gasteiger partial charge in [-0.15, -0.1) is 0 Å². The summed E-state index contributed by atoms with van der Waals surface area (Å²) in [5, 5.41) is 16.0. The van der Waals surface area contributed by atoms with Crippen molar-refractivity contribution in [3.8, 4) is 11.1 Å². The van der Waals surface area contributed by atoms with Gasteiger partial charge in [-0.1, -0.05) is 35.0 Å². The number of nitrogens with zero attached hydrogens (tertiary/aromatic N) is 2. The molecule has 0 atom stereocenters. The minimum absolute atomic E-state index is 0.0503. The molecule has 2 aliphatic rings. The lowest BCUT2D eigenvalue weighted by atomic mass is 9.87. The van der Waals surface area contributed by atoms with Crippen LogP contribution in [0.4, 0.5) is 5.69 Å². The number of halogens is 1. The quantitative estimate of drug-likeness (QED) is 0.618. The fourth-order valence-electron chi connectivity index (χ4n) is 3.54. The number of amides is 1. The summed E-state index contributed by atoms with van der Waals surface area (Å²) in [5.74, 6) is -0.376. The van der Waals surface area contributed by atoms with Gasteiger partial charge in [-0.05, 0) is 42.3 Å². The van der Waals surface area contributed by atoms with Gasteiger partial charge in [-0.25, -0.2) is 0 Å². The molecule has 0 bridgehead atoms. The van der Waals surface area contributed by atoms with E-state index < -0.39 is 0 Å². The van der Waals surface area contributed by atoms with Crippen molar-refractivity contribution in [3.63, 3.8) is 0 Å². The monoisotopic (exact) mass is 341 g/mol. The van der Waals surface area contributed by atoms with E-state index in [-0.39, 0.29) is 11.6 Å². The molecule has 4 rings (SSSR count). The highest BCUT2D eigenvalue weighted by molar-refractivity contribution is 6.54. The average Bonchev–Trinajstić information content (AvgIpc) is 2.90. The summed E-state index contributed by atoms with van der Waals surface area (Å²) >= 11 is 6.41. The minimum Gasteiger partial charge on any atom is -0.410 e. The molecule has 6 heteroatoms. The van der Waals surface area contributed by atoms with Gasteiger partial charge in [-0.2, -0.15) is 0 Å². The van der Waals surface area contributed by atoms with Crippen LogP contribution < -0.4 is 5.32 Å². The number of hydrogen-bond donors (Lipinski definition) is 2. The number of fused-ring (bicyclic) bond motifs is 3. The molecule has 0 unspecified atom stereocenters.